The number of imidazole rings is 1. The number of nitrogens with one attached hydrogen (secondary N) is 1. The fourth-order valence-electron chi connectivity index (χ4n) is 2.13. The number of hydrogen-bond acceptors (Lipinski definition) is 5. The Hall–Kier alpha value is -1.50. The van der Waals surface area contributed by atoms with Crippen LogP contribution in [-0.2, 0) is 13.5 Å². The second kappa shape index (κ2) is 6.30. The molecule has 3 aromatic rings. The Morgan fingerprint density at radius 2 is 2.20 bits per heavy atom. The van der Waals surface area contributed by atoms with Crippen molar-refractivity contribution in [3.63, 3.8) is 0 Å². The zero-order valence-corrected chi connectivity index (χ0v) is 12.8. The summed E-state index contributed by atoms with van der Waals surface area (Å²) in [6.07, 6.45) is 6.64. The Bertz CT molecular complexity index is 628. The fraction of sp³-hybridized carbons (Fsp3) is 0.286. The van der Waals surface area contributed by atoms with E-state index in [1.807, 2.05) is 31.0 Å². The normalized spacial score (nSPS) is 12.7. The van der Waals surface area contributed by atoms with Gasteiger partial charge in [0.1, 0.15) is 11.9 Å². The number of hydrogen-bond donors (Lipinski definition) is 1. The summed E-state index contributed by atoms with van der Waals surface area (Å²) in [6, 6.07) is 4.38. The van der Waals surface area contributed by atoms with Crippen LogP contribution < -0.4 is 5.32 Å². The molecule has 0 radical (unpaired) electrons. The molecule has 104 valence electrons. The monoisotopic (exact) mass is 304 g/mol. The second-order valence-corrected chi connectivity index (χ2v) is 6.43. The maximum absolute atomic E-state index is 4.48. The van der Waals surface area contributed by atoms with Gasteiger partial charge in [0.2, 0.25) is 0 Å². The summed E-state index contributed by atoms with van der Waals surface area (Å²) in [5.41, 5.74) is 0. The van der Waals surface area contributed by atoms with Gasteiger partial charge in [0, 0.05) is 48.9 Å². The summed E-state index contributed by atoms with van der Waals surface area (Å²) in [5.74, 6) is 1.05. The Morgan fingerprint density at radius 1 is 1.25 bits per heavy atom. The van der Waals surface area contributed by atoms with Gasteiger partial charge in [0.05, 0.1) is 5.01 Å². The molecule has 4 nitrogen and oxygen atoms in total. The van der Waals surface area contributed by atoms with Gasteiger partial charge in [0.15, 0.2) is 0 Å². The van der Waals surface area contributed by atoms with Crippen LogP contribution in [0.25, 0.3) is 0 Å². The molecule has 0 amide bonds. The third kappa shape index (κ3) is 2.98. The number of rotatable bonds is 6. The van der Waals surface area contributed by atoms with Crippen LogP contribution in [-0.4, -0.2) is 21.1 Å². The topological polar surface area (TPSA) is 42.7 Å². The quantitative estimate of drug-likeness (QED) is 0.761. The Balaban J connectivity index is 1.72. The summed E-state index contributed by atoms with van der Waals surface area (Å²) in [4.78, 5) is 10.1. The van der Waals surface area contributed by atoms with E-state index in [1.54, 1.807) is 22.7 Å². The third-order valence-corrected chi connectivity index (χ3v) is 4.89. The summed E-state index contributed by atoms with van der Waals surface area (Å²) in [5, 5.41) is 8.89. The molecule has 0 aliphatic carbocycles. The summed E-state index contributed by atoms with van der Waals surface area (Å²) in [6.45, 7) is 0.892. The van der Waals surface area contributed by atoms with E-state index in [0.717, 1.165) is 18.8 Å². The molecule has 3 aromatic heterocycles. The minimum atomic E-state index is 0.148. The largest absolute Gasteiger partial charge is 0.336 e. The van der Waals surface area contributed by atoms with Gasteiger partial charge in [-0.1, -0.05) is 6.07 Å². The first-order valence-corrected chi connectivity index (χ1v) is 8.23. The SMILES string of the molecule is Cn1ccnc1C(NCCc1nccs1)c1cccs1. The highest BCUT2D eigenvalue weighted by atomic mass is 32.1. The molecular weight excluding hydrogens is 288 g/mol. The average Bonchev–Trinajstić information content (AvgIpc) is 3.18. The molecule has 1 N–H and O–H groups in total. The van der Waals surface area contributed by atoms with Crippen LogP contribution in [0.15, 0.2) is 41.5 Å². The van der Waals surface area contributed by atoms with Gasteiger partial charge >= 0.3 is 0 Å². The molecule has 0 aliphatic heterocycles. The van der Waals surface area contributed by atoms with Crippen molar-refractivity contribution in [2.24, 2.45) is 7.05 Å². The third-order valence-electron chi connectivity index (χ3n) is 3.12. The minimum absolute atomic E-state index is 0.148. The van der Waals surface area contributed by atoms with Crippen LogP contribution in [0.1, 0.15) is 21.8 Å². The van der Waals surface area contributed by atoms with E-state index in [0.29, 0.717) is 0 Å². The van der Waals surface area contributed by atoms with Crippen LogP contribution in [0.2, 0.25) is 0 Å². The minimum Gasteiger partial charge on any atom is -0.336 e. The smallest absolute Gasteiger partial charge is 0.131 e. The molecule has 6 heteroatoms. The summed E-state index contributed by atoms with van der Waals surface area (Å²) >= 11 is 3.46. The summed E-state index contributed by atoms with van der Waals surface area (Å²) in [7, 11) is 2.03. The van der Waals surface area contributed by atoms with Crippen molar-refractivity contribution in [3.8, 4) is 0 Å². The standard InChI is InChI=1S/C14H16N4S2/c1-18-8-6-17-14(18)13(11-3-2-9-19-11)16-5-4-12-15-7-10-20-12/h2-3,6-10,13,16H,4-5H2,1H3. The first-order valence-electron chi connectivity index (χ1n) is 6.47. The van der Waals surface area contributed by atoms with Gasteiger partial charge in [-0.15, -0.1) is 22.7 Å². The zero-order chi connectivity index (χ0) is 13.8. The van der Waals surface area contributed by atoms with Gasteiger partial charge in [-0.05, 0) is 11.4 Å². The van der Waals surface area contributed by atoms with Gasteiger partial charge in [0.25, 0.3) is 0 Å². The first-order chi connectivity index (χ1) is 9.84. The molecule has 0 aliphatic rings. The Kier molecular flexibility index (Phi) is 4.25. The van der Waals surface area contributed by atoms with Crippen LogP contribution >= 0.6 is 22.7 Å². The van der Waals surface area contributed by atoms with Crippen LogP contribution in [0.4, 0.5) is 0 Å². The molecule has 3 rings (SSSR count). The number of aromatic nitrogens is 3. The molecule has 3 heterocycles. The van der Waals surface area contributed by atoms with Crippen molar-refractivity contribution in [1.82, 2.24) is 19.9 Å². The second-order valence-electron chi connectivity index (χ2n) is 4.47. The molecule has 0 spiro atoms. The summed E-state index contributed by atoms with van der Waals surface area (Å²) < 4.78 is 2.07. The number of thiazole rings is 1. The maximum atomic E-state index is 4.48. The lowest BCUT2D eigenvalue weighted by atomic mass is 10.2. The van der Waals surface area contributed by atoms with Gasteiger partial charge < -0.3 is 9.88 Å². The molecular formula is C14H16N4S2. The van der Waals surface area contributed by atoms with Crippen LogP contribution in [0.5, 0.6) is 0 Å². The van der Waals surface area contributed by atoms with Gasteiger partial charge in [-0.25, -0.2) is 9.97 Å². The lowest BCUT2D eigenvalue weighted by Gasteiger charge is -2.17. The van der Waals surface area contributed by atoms with E-state index in [4.69, 9.17) is 0 Å². The predicted molar refractivity (Wildman–Crippen MR) is 83.2 cm³/mol. The van der Waals surface area contributed by atoms with E-state index in [-0.39, 0.29) is 6.04 Å². The van der Waals surface area contributed by atoms with Crippen molar-refractivity contribution < 1.29 is 0 Å². The van der Waals surface area contributed by atoms with Crippen LogP contribution in [0.3, 0.4) is 0 Å². The van der Waals surface area contributed by atoms with Gasteiger partial charge in [-0.2, -0.15) is 0 Å². The molecule has 0 saturated heterocycles. The molecule has 20 heavy (non-hydrogen) atoms. The average molecular weight is 304 g/mol. The number of nitrogens with zero attached hydrogens (tertiary/aromatic N) is 3. The lowest BCUT2D eigenvalue weighted by molar-refractivity contribution is 0.567. The lowest BCUT2D eigenvalue weighted by Crippen LogP contribution is -2.26. The highest BCUT2D eigenvalue weighted by Crippen LogP contribution is 2.24. The van der Waals surface area contributed by atoms with Crippen molar-refractivity contribution in [3.05, 3.63) is 57.2 Å². The Labute approximate surface area is 126 Å². The number of aryl methyl sites for hydroxylation is 1. The molecule has 0 bridgehead atoms. The van der Waals surface area contributed by atoms with Crippen molar-refractivity contribution >= 4 is 22.7 Å². The molecule has 1 atom stereocenters. The van der Waals surface area contributed by atoms with Crippen molar-refractivity contribution in [2.45, 2.75) is 12.5 Å². The van der Waals surface area contributed by atoms with E-state index >= 15 is 0 Å². The van der Waals surface area contributed by atoms with E-state index in [2.05, 4.69) is 37.4 Å². The van der Waals surface area contributed by atoms with Crippen molar-refractivity contribution in [2.75, 3.05) is 6.54 Å². The predicted octanol–water partition coefficient (Wildman–Crippen LogP) is 2.86. The molecule has 0 aromatic carbocycles. The molecule has 1 unspecified atom stereocenters. The van der Waals surface area contributed by atoms with Crippen LogP contribution in [0, 0.1) is 0 Å². The van der Waals surface area contributed by atoms with E-state index in [9.17, 15) is 0 Å². The first kappa shape index (κ1) is 13.5. The van der Waals surface area contributed by atoms with E-state index in [1.165, 1.54) is 9.88 Å². The van der Waals surface area contributed by atoms with E-state index < -0.39 is 0 Å². The fourth-order valence-corrected chi connectivity index (χ4v) is 3.55. The van der Waals surface area contributed by atoms with Gasteiger partial charge in [-0.3, -0.25) is 0 Å². The Morgan fingerprint density at radius 3 is 2.85 bits per heavy atom. The zero-order valence-electron chi connectivity index (χ0n) is 11.2. The highest BCUT2D eigenvalue weighted by Gasteiger charge is 2.18. The number of thiophene rings is 1. The van der Waals surface area contributed by atoms with Crippen molar-refractivity contribution in [1.29, 1.82) is 0 Å². The molecule has 0 saturated carbocycles. The highest BCUT2D eigenvalue weighted by molar-refractivity contribution is 7.10. The maximum Gasteiger partial charge on any atom is 0.131 e. The molecule has 0 fully saturated rings.